The Morgan fingerprint density at radius 1 is 1.37 bits per heavy atom. The van der Waals surface area contributed by atoms with E-state index in [4.69, 9.17) is 4.98 Å². The van der Waals surface area contributed by atoms with Crippen molar-refractivity contribution in [2.45, 2.75) is 46.0 Å². The van der Waals surface area contributed by atoms with Gasteiger partial charge in [0.25, 0.3) is 5.91 Å². The minimum atomic E-state index is 0.00823. The van der Waals surface area contributed by atoms with Crippen molar-refractivity contribution in [3.63, 3.8) is 0 Å². The van der Waals surface area contributed by atoms with Gasteiger partial charge >= 0.3 is 0 Å². The Balaban J connectivity index is 1.56. The lowest BCUT2D eigenvalue weighted by Crippen LogP contribution is -2.38. The van der Waals surface area contributed by atoms with Gasteiger partial charge in [0.05, 0.1) is 15.6 Å². The molecule has 0 saturated carbocycles. The van der Waals surface area contributed by atoms with Crippen LogP contribution in [-0.4, -0.2) is 41.3 Å². The molecule has 1 saturated heterocycles. The molecule has 0 aliphatic carbocycles. The first-order chi connectivity index (χ1) is 12.9. The molecule has 3 rings (SSSR count). The molecular weight excluding hydrogens is 378 g/mol. The summed E-state index contributed by atoms with van der Waals surface area (Å²) < 4.78 is 0. The van der Waals surface area contributed by atoms with Gasteiger partial charge in [-0.25, -0.2) is 4.98 Å². The second-order valence-electron chi connectivity index (χ2n) is 7.37. The molecule has 1 aliphatic heterocycles. The smallest absolute Gasteiger partial charge is 0.263 e. The molecule has 146 valence electrons. The van der Waals surface area contributed by atoms with Gasteiger partial charge in [0, 0.05) is 48.1 Å². The normalized spacial score (nSPS) is 17.3. The van der Waals surface area contributed by atoms with Crippen molar-refractivity contribution in [1.29, 1.82) is 0 Å². The highest BCUT2D eigenvalue weighted by Crippen LogP contribution is 2.30. The number of carbonyl (C=O) groups is 2. The lowest BCUT2D eigenvalue weighted by atomic mass is 9.98. The molecule has 0 spiro atoms. The van der Waals surface area contributed by atoms with Crippen molar-refractivity contribution in [3.05, 3.63) is 38.0 Å². The fourth-order valence-electron chi connectivity index (χ4n) is 3.21. The number of hydrogen-bond acceptors (Lipinski definition) is 5. The van der Waals surface area contributed by atoms with E-state index < -0.39 is 0 Å². The summed E-state index contributed by atoms with van der Waals surface area (Å²) in [4.78, 5) is 33.1. The molecule has 2 aromatic heterocycles. The van der Waals surface area contributed by atoms with Crippen LogP contribution in [0.3, 0.4) is 0 Å². The highest BCUT2D eigenvalue weighted by atomic mass is 32.1. The molecule has 0 aromatic carbocycles. The van der Waals surface area contributed by atoms with Crippen LogP contribution in [0.1, 0.15) is 57.9 Å². The molecule has 0 bridgehead atoms. The van der Waals surface area contributed by atoms with Crippen LogP contribution >= 0.6 is 22.7 Å². The van der Waals surface area contributed by atoms with Crippen LogP contribution < -0.4 is 5.32 Å². The number of amides is 2. The largest absolute Gasteiger partial charge is 0.355 e. The van der Waals surface area contributed by atoms with Crippen molar-refractivity contribution < 1.29 is 9.59 Å². The van der Waals surface area contributed by atoms with E-state index >= 15 is 0 Å². The van der Waals surface area contributed by atoms with Crippen LogP contribution in [0.25, 0.3) is 0 Å². The van der Waals surface area contributed by atoms with Crippen molar-refractivity contribution in [1.82, 2.24) is 15.2 Å². The summed E-state index contributed by atoms with van der Waals surface area (Å²) in [7, 11) is 0. The summed E-state index contributed by atoms with van der Waals surface area (Å²) in [6.45, 7) is 8.00. The van der Waals surface area contributed by atoms with E-state index in [1.807, 2.05) is 37.8 Å². The maximum Gasteiger partial charge on any atom is 0.263 e. The van der Waals surface area contributed by atoms with Gasteiger partial charge in [0.2, 0.25) is 5.91 Å². The summed E-state index contributed by atoms with van der Waals surface area (Å²) >= 11 is 3.24. The van der Waals surface area contributed by atoms with Crippen molar-refractivity contribution in [2.75, 3.05) is 19.6 Å². The lowest BCUT2D eigenvalue weighted by molar-refractivity contribution is -0.123. The lowest BCUT2D eigenvalue weighted by Gasteiger charge is -2.31. The van der Waals surface area contributed by atoms with Crippen LogP contribution in [0.5, 0.6) is 0 Å². The Labute approximate surface area is 168 Å². The van der Waals surface area contributed by atoms with Crippen molar-refractivity contribution >= 4 is 34.5 Å². The Hall–Kier alpha value is -1.73. The number of likely N-dealkylation sites (tertiary alicyclic amines) is 1. The first-order valence-electron chi connectivity index (χ1n) is 9.51. The molecule has 5 nitrogen and oxygen atoms in total. The standard InChI is InChI=1S/C20H27N3O2S2/c1-13(2)18(24)21-9-8-16-12-26-19(22-16)15-5-4-10-23(11-15)20(25)17-7-6-14(3)27-17/h6-7,12-13,15H,4-5,8-11H2,1-3H3,(H,21,24)/t15-/m0/s1. The van der Waals surface area contributed by atoms with E-state index in [0.717, 1.165) is 47.9 Å². The van der Waals surface area contributed by atoms with Crippen molar-refractivity contribution in [2.24, 2.45) is 5.92 Å². The van der Waals surface area contributed by atoms with E-state index in [1.54, 1.807) is 22.7 Å². The summed E-state index contributed by atoms with van der Waals surface area (Å²) in [6.07, 6.45) is 2.84. The molecule has 1 N–H and O–H groups in total. The molecule has 0 radical (unpaired) electrons. The zero-order chi connectivity index (χ0) is 19.4. The predicted octanol–water partition coefficient (Wildman–Crippen LogP) is 3.85. The fraction of sp³-hybridized carbons (Fsp3) is 0.550. The average Bonchev–Trinajstić information content (AvgIpc) is 3.30. The number of nitrogens with one attached hydrogen (secondary N) is 1. The first-order valence-corrected chi connectivity index (χ1v) is 11.2. The van der Waals surface area contributed by atoms with Crippen LogP contribution in [0, 0.1) is 12.8 Å². The minimum absolute atomic E-state index is 0.00823. The minimum Gasteiger partial charge on any atom is -0.355 e. The molecule has 27 heavy (non-hydrogen) atoms. The predicted molar refractivity (Wildman–Crippen MR) is 111 cm³/mol. The molecule has 1 atom stereocenters. The quantitative estimate of drug-likeness (QED) is 0.794. The molecular formula is C20H27N3O2S2. The van der Waals surface area contributed by atoms with Gasteiger partial charge in [0.1, 0.15) is 0 Å². The van der Waals surface area contributed by atoms with Crippen LogP contribution in [0.2, 0.25) is 0 Å². The van der Waals surface area contributed by atoms with Crippen LogP contribution in [0.4, 0.5) is 0 Å². The van der Waals surface area contributed by atoms with Gasteiger partial charge in [-0.2, -0.15) is 0 Å². The summed E-state index contributed by atoms with van der Waals surface area (Å²) in [6, 6.07) is 3.93. The number of thiazole rings is 1. The van der Waals surface area contributed by atoms with E-state index in [1.165, 1.54) is 4.88 Å². The zero-order valence-corrected chi connectivity index (χ0v) is 17.8. The third kappa shape index (κ3) is 5.17. The van der Waals surface area contributed by atoms with E-state index in [-0.39, 0.29) is 17.7 Å². The SMILES string of the molecule is Cc1ccc(C(=O)N2CCC[C@H](c3nc(CCNC(=O)C(C)C)cs3)C2)s1. The Morgan fingerprint density at radius 2 is 2.19 bits per heavy atom. The summed E-state index contributed by atoms with van der Waals surface area (Å²) in [5, 5.41) is 6.13. The van der Waals surface area contributed by atoms with Gasteiger partial charge < -0.3 is 10.2 Å². The number of thiophene rings is 1. The van der Waals surface area contributed by atoms with Crippen LogP contribution in [0.15, 0.2) is 17.5 Å². The monoisotopic (exact) mass is 405 g/mol. The molecule has 1 aliphatic rings. The van der Waals surface area contributed by atoms with Gasteiger partial charge in [-0.15, -0.1) is 22.7 Å². The third-order valence-electron chi connectivity index (χ3n) is 4.78. The second kappa shape index (κ2) is 8.97. The average molecular weight is 406 g/mol. The number of aryl methyl sites for hydroxylation is 1. The Bertz CT molecular complexity index is 797. The van der Waals surface area contributed by atoms with Gasteiger partial charge in [-0.05, 0) is 31.9 Å². The molecule has 7 heteroatoms. The van der Waals surface area contributed by atoms with Crippen LogP contribution in [-0.2, 0) is 11.2 Å². The number of carbonyl (C=O) groups excluding carboxylic acids is 2. The van der Waals surface area contributed by atoms with E-state index in [0.29, 0.717) is 12.5 Å². The summed E-state index contributed by atoms with van der Waals surface area (Å²) in [5.74, 6) is 0.545. The molecule has 3 heterocycles. The Kier molecular flexibility index (Phi) is 6.65. The second-order valence-corrected chi connectivity index (χ2v) is 9.55. The number of hydrogen-bond donors (Lipinski definition) is 1. The topological polar surface area (TPSA) is 62.3 Å². The molecule has 0 unspecified atom stereocenters. The number of rotatable bonds is 6. The maximum atomic E-state index is 12.7. The highest BCUT2D eigenvalue weighted by Gasteiger charge is 2.27. The maximum absolute atomic E-state index is 12.7. The first kappa shape index (κ1) is 20.0. The fourth-order valence-corrected chi connectivity index (χ4v) is 5.03. The Morgan fingerprint density at radius 3 is 2.89 bits per heavy atom. The van der Waals surface area contributed by atoms with Crippen molar-refractivity contribution in [3.8, 4) is 0 Å². The third-order valence-corrected chi connectivity index (χ3v) is 6.83. The van der Waals surface area contributed by atoms with E-state index in [2.05, 4.69) is 10.7 Å². The van der Waals surface area contributed by atoms with Gasteiger partial charge in [-0.3, -0.25) is 9.59 Å². The van der Waals surface area contributed by atoms with Gasteiger partial charge in [0.15, 0.2) is 0 Å². The zero-order valence-electron chi connectivity index (χ0n) is 16.2. The number of nitrogens with zero attached hydrogens (tertiary/aromatic N) is 2. The van der Waals surface area contributed by atoms with Gasteiger partial charge in [-0.1, -0.05) is 13.8 Å². The number of aromatic nitrogens is 1. The number of piperidine rings is 1. The molecule has 2 aromatic rings. The summed E-state index contributed by atoms with van der Waals surface area (Å²) in [5.41, 5.74) is 1.02. The van der Waals surface area contributed by atoms with E-state index in [9.17, 15) is 9.59 Å². The highest BCUT2D eigenvalue weighted by molar-refractivity contribution is 7.13. The molecule has 1 fully saturated rings. The molecule has 2 amide bonds.